The van der Waals surface area contributed by atoms with Gasteiger partial charge in [-0.25, -0.2) is 4.79 Å². The predicted molar refractivity (Wildman–Crippen MR) is 122 cm³/mol. The van der Waals surface area contributed by atoms with Crippen molar-refractivity contribution in [3.63, 3.8) is 0 Å². The molecule has 0 spiro atoms. The zero-order chi connectivity index (χ0) is 19.4. The van der Waals surface area contributed by atoms with E-state index >= 15 is 0 Å². The van der Waals surface area contributed by atoms with Crippen molar-refractivity contribution in [3.8, 4) is 0 Å². The van der Waals surface area contributed by atoms with Gasteiger partial charge in [0.25, 0.3) is 5.91 Å². The van der Waals surface area contributed by atoms with Gasteiger partial charge < -0.3 is 15.5 Å². The number of piperidine rings is 1. The summed E-state index contributed by atoms with van der Waals surface area (Å²) in [6.07, 6.45) is 6.98. The van der Waals surface area contributed by atoms with Crippen molar-refractivity contribution < 1.29 is 9.59 Å². The Morgan fingerprint density at radius 2 is 1.82 bits per heavy atom. The van der Waals surface area contributed by atoms with Crippen LogP contribution in [0, 0.1) is 17.8 Å². The summed E-state index contributed by atoms with van der Waals surface area (Å²) in [4.78, 5) is 31.0. The highest BCUT2D eigenvalue weighted by molar-refractivity contribution is 14.0. The largest absolute Gasteiger partial charge is 0.357 e. The Hall–Kier alpha value is -1.06. The molecule has 0 aromatic heterocycles. The second kappa shape index (κ2) is 10.1. The molecule has 7 nitrogen and oxygen atoms in total. The van der Waals surface area contributed by atoms with Crippen LogP contribution in [0.2, 0.25) is 0 Å². The van der Waals surface area contributed by atoms with Crippen LogP contribution in [0.15, 0.2) is 4.99 Å². The highest BCUT2D eigenvalue weighted by Crippen LogP contribution is 2.31. The molecular weight excluding hydrogens is 469 g/mol. The lowest BCUT2D eigenvalue weighted by atomic mass is 9.79. The number of hydrogen-bond donors (Lipinski definition) is 3. The molecule has 1 aliphatic carbocycles. The van der Waals surface area contributed by atoms with Gasteiger partial charge in [-0.2, -0.15) is 0 Å². The van der Waals surface area contributed by atoms with Crippen molar-refractivity contribution in [1.82, 2.24) is 20.9 Å². The van der Waals surface area contributed by atoms with Crippen LogP contribution in [0.4, 0.5) is 4.79 Å². The molecule has 2 saturated heterocycles. The Balaban J connectivity index is 0.00000280. The van der Waals surface area contributed by atoms with Crippen molar-refractivity contribution in [2.75, 3.05) is 26.2 Å². The molecule has 0 aromatic carbocycles. The lowest BCUT2D eigenvalue weighted by Crippen LogP contribution is -2.55. The molecule has 28 heavy (non-hydrogen) atoms. The summed E-state index contributed by atoms with van der Waals surface area (Å²) in [5.41, 5.74) is -0.780. The minimum absolute atomic E-state index is 0. The topological polar surface area (TPSA) is 85.8 Å². The third kappa shape index (κ3) is 5.30. The number of carbonyl (C=O) groups excluding carboxylic acids is 2. The van der Waals surface area contributed by atoms with Crippen molar-refractivity contribution in [2.24, 2.45) is 22.7 Å². The smallest absolute Gasteiger partial charge is 0.322 e. The Morgan fingerprint density at radius 1 is 1.18 bits per heavy atom. The summed E-state index contributed by atoms with van der Waals surface area (Å²) in [6.45, 7) is 9.78. The molecule has 1 atom stereocenters. The van der Waals surface area contributed by atoms with Gasteiger partial charge in [0.1, 0.15) is 5.54 Å². The molecule has 3 N–H and O–H groups in total. The van der Waals surface area contributed by atoms with Crippen LogP contribution in [0.1, 0.15) is 59.3 Å². The average Bonchev–Trinajstić information content (AvgIpc) is 2.93. The fourth-order valence-corrected chi connectivity index (χ4v) is 4.67. The first-order chi connectivity index (χ1) is 12.9. The van der Waals surface area contributed by atoms with E-state index in [-0.39, 0.29) is 41.8 Å². The summed E-state index contributed by atoms with van der Waals surface area (Å²) in [5.74, 6) is 2.54. The van der Waals surface area contributed by atoms with Crippen LogP contribution < -0.4 is 16.0 Å². The number of hydrogen-bond acceptors (Lipinski definition) is 3. The molecule has 0 aromatic rings. The van der Waals surface area contributed by atoms with Gasteiger partial charge in [0, 0.05) is 26.2 Å². The second-order valence-corrected chi connectivity index (χ2v) is 8.69. The molecule has 160 valence electrons. The molecule has 3 rings (SSSR count). The number of likely N-dealkylation sites (tertiary alicyclic amines) is 1. The summed E-state index contributed by atoms with van der Waals surface area (Å²) >= 11 is 0. The molecule has 2 heterocycles. The van der Waals surface area contributed by atoms with Crippen LogP contribution in [0.5, 0.6) is 0 Å². The maximum atomic E-state index is 12.2. The minimum atomic E-state index is -0.780. The van der Waals surface area contributed by atoms with E-state index in [9.17, 15) is 9.59 Å². The number of guanidine groups is 1. The molecule has 8 heteroatoms. The number of amides is 3. The normalized spacial score (nSPS) is 31.8. The number of carbonyl (C=O) groups is 2. The fourth-order valence-electron chi connectivity index (χ4n) is 4.67. The van der Waals surface area contributed by atoms with Gasteiger partial charge in [0.2, 0.25) is 0 Å². The molecule has 0 bridgehead atoms. The summed E-state index contributed by atoms with van der Waals surface area (Å²) in [5, 5.41) is 8.64. The van der Waals surface area contributed by atoms with Gasteiger partial charge in [-0.05, 0) is 57.3 Å². The number of nitrogens with one attached hydrogen (secondary N) is 3. The van der Waals surface area contributed by atoms with E-state index in [0.717, 1.165) is 50.9 Å². The van der Waals surface area contributed by atoms with Crippen LogP contribution in [-0.4, -0.2) is 54.5 Å². The van der Waals surface area contributed by atoms with Gasteiger partial charge in [0.15, 0.2) is 5.96 Å². The first-order valence-electron chi connectivity index (χ1n) is 10.6. The van der Waals surface area contributed by atoms with Crippen molar-refractivity contribution >= 4 is 41.9 Å². The van der Waals surface area contributed by atoms with E-state index in [2.05, 4.69) is 34.7 Å². The molecule has 3 amide bonds. The van der Waals surface area contributed by atoms with Gasteiger partial charge >= 0.3 is 6.03 Å². The molecule has 1 unspecified atom stereocenters. The predicted octanol–water partition coefficient (Wildman–Crippen LogP) is 2.71. The first-order valence-corrected chi connectivity index (χ1v) is 10.6. The second-order valence-electron chi connectivity index (χ2n) is 8.69. The fraction of sp³-hybridized carbons (Fsp3) is 0.850. The van der Waals surface area contributed by atoms with Gasteiger partial charge in [-0.1, -0.05) is 19.8 Å². The highest BCUT2D eigenvalue weighted by atomic mass is 127. The third-order valence-corrected chi connectivity index (χ3v) is 6.65. The van der Waals surface area contributed by atoms with Crippen molar-refractivity contribution in [1.29, 1.82) is 0 Å². The molecule has 1 saturated carbocycles. The van der Waals surface area contributed by atoms with E-state index < -0.39 is 5.54 Å². The molecule has 0 radical (unpaired) electrons. The number of aliphatic imine (C=N–C) groups is 1. The van der Waals surface area contributed by atoms with E-state index in [0.29, 0.717) is 5.92 Å². The zero-order valence-corrected chi connectivity index (χ0v) is 19.8. The quantitative estimate of drug-likeness (QED) is 0.238. The summed E-state index contributed by atoms with van der Waals surface area (Å²) in [7, 11) is 0. The van der Waals surface area contributed by atoms with Gasteiger partial charge in [-0.3, -0.25) is 15.1 Å². The lowest BCUT2D eigenvalue weighted by molar-refractivity contribution is -0.125. The SMILES string of the molecule is CCNC(=NCC1CCC(C)CC1)N1CCC(C2(C)NC(=O)NC2=O)CC1.I. The van der Waals surface area contributed by atoms with Gasteiger partial charge in [0.05, 0.1) is 0 Å². The van der Waals surface area contributed by atoms with E-state index in [1.807, 2.05) is 6.92 Å². The van der Waals surface area contributed by atoms with Crippen LogP contribution >= 0.6 is 24.0 Å². The lowest BCUT2D eigenvalue weighted by Gasteiger charge is -2.39. The first kappa shape index (κ1) is 23.2. The van der Waals surface area contributed by atoms with E-state index in [4.69, 9.17) is 4.99 Å². The van der Waals surface area contributed by atoms with Crippen LogP contribution in [-0.2, 0) is 4.79 Å². The van der Waals surface area contributed by atoms with E-state index in [1.165, 1.54) is 25.7 Å². The number of nitrogens with zero attached hydrogens (tertiary/aromatic N) is 2. The molecule has 3 aliphatic rings. The van der Waals surface area contributed by atoms with Crippen LogP contribution in [0.25, 0.3) is 0 Å². The molecule has 3 fully saturated rings. The van der Waals surface area contributed by atoms with E-state index in [1.54, 1.807) is 0 Å². The highest BCUT2D eigenvalue weighted by Gasteiger charge is 2.48. The van der Waals surface area contributed by atoms with Crippen molar-refractivity contribution in [2.45, 2.75) is 64.8 Å². The number of imide groups is 1. The molecule has 2 aliphatic heterocycles. The Morgan fingerprint density at radius 3 is 2.36 bits per heavy atom. The Kier molecular flexibility index (Phi) is 8.39. The standard InChI is InChI=1S/C20H35N5O2.HI/c1-4-21-18(22-13-15-7-5-14(2)6-8-15)25-11-9-16(10-12-25)20(3)17(26)23-19(27)24-20;/h14-16H,4-13H2,1-3H3,(H,21,22)(H2,23,24,26,27);1H. The summed E-state index contributed by atoms with van der Waals surface area (Å²) < 4.78 is 0. The maximum Gasteiger partial charge on any atom is 0.322 e. The number of rotatable bonds is 4. The molecular formula is C20H36IN5O2. The number of halogens is 1. The van der Waals surface area contributed by atoms with Gasteiger partial charge in [-0.15, -0.1) is 24.0 Å². The Labute approximate surface area is 185 Å². The third-order valence-electron chi connectivity index (χ3n) is 6.65. The average molecular weight is 505 g/mol. The van der Waals surface area contributed by atoms with Crippen LogP contribution in [0.3, 0.4) is 0 Å². The maximum absolute atomic E-state index is 12.2. The van der Waals surface area contributed by atoms with Crippen molar-refractivity contribution in [3.05, 3.63) is 0 Å². The summed E-state index contributed by atoms with van der Waals surface area (Å²) in [6, 6.07) is -0.373. The monoisotopic (exact) mass is 505 g/mol. The minimum Gasteiger partial charge on any atom is -0.357 e. The zero-order valence-electron chi connectivity index (χ0n) is 17.4. The Bertz CT molecular complexity index is 583. The number of urea groups is 1.